The normalized spacial score (nSPS) is 16.3. The zero-order chi connectivity index (χ0) is 27.4. The Balaban J connectivity index is 1.92. The number of hydrogen-bond acceptors (Lipinski definition) is 8. The van der Waals surface area contributed by atoms with Gasteiger partial charge in [-0.15, -0.1) is 0 Å². The third-order valence-electron chi connectivity index (χ3n) is 6.93. The average Bonchev–Trinajstić information content (AvgIpc) is 3.37. The first-order valence-electron chi connectivity index (χ1n) is 12.5. The zero-order valence-electron chi connectivity index (χ0n) is 22.0. The van der Waals surface area contributed by atoms with Crippen LogP contribution in [0.2, 0.25) is 0 Å². The van der Waals surface area contributed by atoms with Gasteiger partial charge in [0.1, 0.15) is 6.33 Å². The van der Waals surface area contributed by atoms with Crippen molar-refractivity contribution in [2.45, 2.75) is 77.1 Å². The van der Waals surface area contributed by atoms with Gasteiger partial charge in [-0.05, 0) is 37.5 Å². The van der Waals surface area contributed by atoms with E-state index in [0.717, 1.165) is 16.7 Å². The second-order valence-corrected chi connectivity index (χ2v) is 10.2. The number of aromatic amines is 1. The lowest BCUT2D eigenvalue weighted by Crippen LogP contribution is -2.44. The van der Waals surface area contributed by atoms with Crippen LogP contribution in [-0.2, 0) is 5.60 Å². The van der Waals surface area contributed by atoms with Crippen molar-refractivity contribution in [3.05, 3.63) is 60.4 Å². The fraction of sp³-hybridized carbons (Fsp3) is 0.464. The van der Waals surface area contributed by atoms with E-state index >= 15 is 0 Å². The van der Waals surface area contributed by atoms with Crippen molar-refractivity contribution in [2.75, 3.05) is 0 Å². The number of hydrogen-bond donors (Lipinski definition) is 6. The number of nitrogens with zero attached hydrogens (tertiary/aromatic N) is 3. The Morgan fingerprint density at radius 1 is 0.946 bits per heavy atom. The summed E-state index contributed by atoms with van der Waals surface area (Å²) in [6.07, 6.45) is 1.80. The molecule has 0 saturated carbocycles. The fourth-order valence-corrected chi connectivity index (χ4v) is 4.31. The molecule has 3 atom stereocenters. The number of nitrogens with one attached hydrogen (secondary N) is 1. The molecule has 200 valence electrons. The predicted octanol–water partition coefficient (Wildman–Crippen LogP) is 3.38. The Bertz CT molecular complexity index is 1180. The van der Waals surface area contributed by atoms with Crippen molar-refractivity contribution in [2.24, 2.45) is 10.9 Å². The van der Waals surface area contributed by atoms with Gasteiger partial charge in [0, 0.05) is 24.3 Å². The van der Waals surface area contributed by atoms with Crippen LogP contribution in [0.25, 0.3) is 22.5 Å². The van der Waals surface area contributed by atoms with Gasteiger partial charge in [0.05, 0.1) is 17.4 Å². The van der Waals surface area contributed by atoms with Gasteiger partial charge in [0.15, 0.2) is 11.6 Å². The lowest BCUT2D eigenvalue weighted by atomic mass is 9.85. The topological polar surface area (TPSA) is 155 Å². The number of benzene rings is 2. The summed E-state index contributed by atoms with van der Waals surface area (Å²) in [7, 11) is 0. The molecular formula is C28H38N4O5. The van der Waals surface area contributed by atoms with E-state index < -0.39 is 29.1 Å². The van der Waals surface area contributed by atoms with Gasteiger partial charge >= 0.3 is 0 Å². The second-order valence-electron chi connectivity index (χ2n) is 10.2. The molecule has 3 rings (SSSR count). The Morgan fingerprint density at radius 3 is 2.11 bits per heavy atom. The predicted molar refractivity (Wildman–Crippen MR) is 142 cm³/mol. The molecule has 3 aromatic rings. The zero-order valence-corrected chi connectivity index (χ0v) is 22.0. The first kappa shape index (κ1) is 28.6. The number of H-pyrrole nitrogens is 1. The van der Waals surface area contributed by atoms with Gasteiger partial charge in [0.2, 0.25) is 5.79 Å². The molecule has 37 heavy (non-hydrogen) atoms. The molecule has 0 aliphatic carbocycles. The Labute approximate surface area is 217 Å². The van der Waals surface area contributed by atoms with Crippen molar-refractivity contribution < 1.29 is 25.5 Å². The molecule has 3 unspecified atom stereocenters. The van der Waals surface area contributed by atoms with Crippen LogP contribution < -0.4 is 0 Å². The minimum Gasteiger partial charge on any atom is -0.385 e. The maximum Gasteiger partial charge on any atom is 0.202 e. The Hall–Kier alpha value is -2.95. The monoisotopic (exact) mass is 510 g/mol. The summed E-state index contributed by atoms with van der Waals surface area (Å²) in [5, 5.41) is 59.9. The van der Waals surface area contributed by atoms with Crippen molar-refractivity contribution in [3.8, 4) is 22.5 Å². The maximum absolute atomic E-state index is 11.4. The number of aromatic nitrogens is 3. The summed E-state index contributed by atoms with van der Waals surface area (Å²) in [6.45, 7) is 7.97. The van der Waals surface area contributed by atoms with Crippen LogP contribution in [0.4, 0.5) is 0 Å². The first-order chi connectivity index (χ1) is 17.3. The molecule has 0 fully saturated rings. The summed E-state index contributed by atoms with van der Waals surface area (Å²) < 4.78 is 0. The molecule has 0 aliphatic heterocycles. The van der Waals surface area contributed by atoms with Gasteiger partial charge in [0.25, 0.3) is 0 Å². The lowest BCUT2D eigenvalue weighted by Gasteiger charge is -2.33. The molecule has 0 saturated heterocycles. The first-order valence-corrected chi connectivity index (χ1v) is 12.5. The standard InChI is InChI=1S/C28H38N4O5/c1-6-15-28(36,37)24(31-19(3)18(2)27(5,34)35)16-26(4,33)21-13-11-20(12-14-21)22-9-7-8-10-23(22)25-29-17-30-32-25/h7-14,17-19,33-37H,6,15-16H2,1-5H3,(H,29,30,32). The highest BCUT2D eigenvalue weighted by Crippen LogP contribution is 2.34. The molecule has 9 heteroatoms. The number of aliphatic imine (C=N–C) groups is 1. The Kier molecular flexibility index (Phi) is 8.66. The molecule has 0 spiro atoms. The van der Waals surface area contributed by atoms with Crippen LogP contribution in [-0.4, -0.2) is 64.0 Å². The maximum atomic E-state index is 11.4. The second kappa shape index (κ2) is 11.2. The minimum atomic E-state index is -2.25. The van der Waals surface area contributed by atoms with E-state index in [9.17, 15) is 25.5 Å². The number of aliphatic hydroxyl groups is 5. The average molecular weight is 511 g/mol. The van der Waals surface area contributed by atoms with Gasteiger partial charge in [-0.2, -0.15) is 5.10 Å². The molecule has 0 radical (unpaired) electrons. The largest absolute Gasteiger partial charge is 0.385 e. The quantitative estimate of drug-likeness (QED) is 0.171. The van der Waals surface area contributed by atoms with Crippen LogP contribution in [0.1, 0.15) is 59.4 Å². The van der Waals surface area contributed by atoms with Crippen LogP contribution >= 0.6 is 0 Å². The lowest BCUT2D eigenvalue weighted by molar-refractivity contribution is -0.184. The van der Waals surface area contributed by atoms with E-state index in [2.05, 4.69) is 20.2 Å². The van der Waals surface area contributed by atoms with E-state index in [1.165, 1.54) is 13.3 Å². The summed E-state index contributed by atoms with van der Waals surface area (Å²) in [5.41, 5.74) is 1.83. The van der Waals surface area contributed by atoms with E-state index in [1.54, 1.807) is 32.9 Å². The van der Waals surface area contributed by atoms with Crippen molar-refractivity contribution in [3.63, 3.8) is 0 Å². The van der Waals surface area contributed by atoms with Crippen molar-refractivity contribution >= 4 is 5.71 Å². The van der Waals surface area contributed by atoms with Crippen molar-refractivity contribution in [1.82, 2.24) is 15.2 Å². The van der Waals surface area contributed by atoms with Gasteiger partial charge < -0.3 is 25.5 Å². The van der Waals surface area contributed by atoms with Gasteiger partial charge in [-0.3, -0.25) is 10.1 Å². The number of rotatable bonds is 11. The fourth-order valence-electron chi connectivity index (χ4n) is 4.31. The van der Waals surface area contributed by atoms with E-state index in [1.807, 2.05) is 43.3 Å². The third-order valence-corrected chi connectivity index (χ3v) is 6.93. The molecule has 9 nitrogen and oxygen atoms in total. The summed E-state index contributed by atoms with van der Waals surface area (Å²) in [6, 6.07) is 14.5. The highest BCUT2D eigenvalue weighted by atomic mass is 16.5. The molecule has 6 N–H and O–H groups in total. The molecular weight excluding hydrogens is 472 g/mol. The molecule has 1 heterocycles. The van der Waals surface area contributed by atoms with E-state index in [4.69, 9.17) is 0 Å². The van der Waals surface area contributed by atoms with E-state index in [-0.39, 0.29) is 18.6 Å². The molecule has 0 aliphatic rings. The molecule has 0 amide bonds. The van der Waals surface area contributed by atoms with Crippen LogP contribution in [0.3, 0.4) is 0 Å². The van der Waals surface area contributed by atoms with Gasteiger partial charge in [-0.1, -0.05) is 68.8 Å². The van der Waals surface area contributed by atoms with Crippen LogP contribution in [0.15, 0.2) is 59.9 Å². The van der Waals surface area contributed by atoms with Gasteiger partial charge in [-0.25, -0.2) is 4.98 Å². The summed E-state index contributed by atoms with van der Waals surface area (Å²) in [4.78, 5) is 8.72. The third kappa shape index (κ3) is 6.88. The highest BCUT2D eigenvalue weighted by molar-refractivity contribution is 5.92. The van der Waals surface area contributed by atoms with Crippen molar-refractivity contribution in [1.29, 1.82) is 0 Å². The molecule has 0 bridgehead atoms. The summed E-state index contributed by atoms with van der Waals surface area (Å²) >= 11 is 0. The highest BCUT2D eigenvalue weighted by Gasteiger charge is 2.38. The van der Waals surface area contributed by atoms with Crippen LogP contribution in [0.5, 0.6) is 0 Å². The molecule has 2 aromatic carbocycles. The minimum absolute atomic E-state index is 0.0114. The van der Waals surface area contributed by atoms with E-state index in [0.29, 0.717) is 17.8 Å². The Morgan fingerprint density at radius 2 is 1.57 bits per heavy atom. The smallest absolute Gasteiger partial charge is 0.202 e. The summed E-state index contributed by atoms with van der Waals surface area (Å²) in [5.74, 6) is -4.28. The molecule has 1 aromatic heterocycles. The SMILES string of the molecule is CCCC(O)(O)C(CC(C)(O)c1ccc(-c2ccccc2-c2ncn[nH]2)cc1)=NC(C)C(C)C(C)(O)O. The van der Waals surface area contributed by atoms with Crippen LogP contribution in [0, 0.1) is 5.92 Å².